The Morgan fingerprint density at radius 3 is 2.35 bits per heavy atom. The minimum atomic E-state index is -0.326. The first-order chi connectivity index (χ1) is 9.74. The van der Waals surface area contributed by atoms with Gasteiger partial charge in [-0.1, -0.05) is 19.9 Å². The Kier molecular flexibility index (Phi) is 6.98. The van der Waals surface area contributed by atoms with E-state index in [1.54, 1.807) is 18.4 Å². The molecule has 0 aromatic heterocycles. The Bertz CT molecular complexity index is 450. The first-order valence-electron chi connectivity index (χ1n) is 6.90. The summed E-state index contributed by atoms with van der Waals surface area (Å²) < 4.78 is 0. The van der Waals surface area contributed by atoms with Crippen molar-refractivity contribution < 1.29 is 4.92 Å². The summed E-state index contributed by atoms with van der Waals surface area (Å²) in [5, 5.41) is 13.9. The second-order valence-corrected chi connectivity index (χ2v) is 4.43. The summed E-state index contributed by atoms with van der Waals surface area (Å²) >= 11 is 3.53. The fourth-order valence-electron chi connectivity index (χ4n) is 2.31. The molecule has 20 heavy (non-hydrogen) atoms. The zero-order valence-electron chi connectivity index (χ0n) is 12.3. The van der Waals surface area contributed by atoms with Crippen LogP contribution in [0.5, 0.6) is 0 Å². The molecule has 2 aliphatic rings. The topological polar surface area (TPSA) is 58.4 Å². The molecule has 6 heteroatoms. The van der Waals surface area contributed by atoms with Gasteiger partial charge in [-0.05, 0) is 17.4 Å². The van der Waals surface area contributed by atoms with Gasteiger partial charge in [-0.3, -0.25) is 15.0 Å². The third kappa shape index (κ3) is 3.71. The van der Waals surface area contributed by atoms with Crippen LogP contribution in [-0.4, -0.2) is 35.2 Å². The Morgan fingerprint density at radius 2 is 1.85 bits per heavy atom. The van der Waals surface area contributed by atoms with Gasteiger partial charge in [-0.2, -0.15) is 12.6 Å². The molecule has 3 rings (SSSR count). The Labute approximate surface area is 125 Å². The first-order valence-corrected chi connectivity index (χ1v) is 7.79. The number of hydrogen-bond acceptors (Lipinski definition) is 5. The van der Waals surface area contributed by atoms with Gasteiger partial charge in [-0.25, -0.2) is 0 Å². The second-order valence-electron chi connectivity index (χ2n) is 4.43. The number of nitrogens with zero attached hydrogens (tertiary/aromatic N) is 2. The van der Waals surface area contributed by atoms with E-state index >= 15 is 0 Å². The van der Waals surface area contributed by atoms with Crippen LogP contribution in [0.3, 0.4) is 0 Å². The summed E-state index contributed by atoms with van der Waals surface area (Å²) in [7, 11) is 0. The molecule has 1 saturated heterocycles. The SMILES string of the molecule is CC.CS.O=[N+]([O-])c1ccc2c(c1)CN(C1CNC1)C2. The molecule has 1 N–H and O–H groups in total. The van der Waals surface area contributed by atoms with E-state index in [0.717, 1.165) is 31.7 Å². The van der Waals surface area contributed by atoms with Crippen molar-refractivity contribution in [2.75, 3.05) is 19.3 Å². The predicted molar refractivity (Wildman–Crippen MR) is 85.3 cm³/mol. The Balaban J connectivity index is 0.000000461. The van der Waals surface area contributed by atoms with Gasteiger partial charge in [-0.15, -0.1) is 0 Å². The molecule has 112 valence electrons. The van der Waals surface area contributed by atoms with Gasteiger partial charge >= 0.3 is 0 Å². The summed E-state index contributed by atoms with van der Waals surface area (Å²) in [6, 6.07) is 5.80. The molecule has 1 fully saturated rings. The molecule has 0 saturated carbocycles. The quantitative estimate of drug-likeness (QED) is 0.500. The molecular weight excluding hydrogens is 274 g/mol. The Hall–Kier alpha value is -1.11. The van der Waals surface area contributed by atoms with Gasteiger partial charge in [0.05, 0.1) is 4.92 Å². The average molecular weight is 297 g/mol. The number of benzene rings is 1. The monoisotopic (exact) mass is 297 g/mol. The minimum Gasteiger partial charge on any atom is -0.314 e. The van der Waals surface area contributed by atoms with E-state index in [1.165, 1.54) is 5.56 Å². The summed E-state index contributed by atoms with van der Waals surface area (Å²) in [5.74, 6) is 0. The minimum absolute atomic E-state index is 0.201. The average Bonchev–Trinajstić information content (AvgIpc) is 2.83. The molecule has 0 spiro atoms. The number of fused-ring (bicyclic) bond motifs is 1. The van der Waals surface area contributed by atoms with Crippen LogP contribution < -0.4 is 5.32 Å². The number of nitro benzene ring substituents is 1. The third-order valence-electron chi connectivity index (χ3n) is 3.42. The number of non-ortho nitro benzene ring substituents is 1. The van der Waals surface area contributed by atoms with Crippen molar-refractivity contribution in [3.8, 4) is 0 Å². The van der Waals surface area contributed by atoms with Crippen molar-refractivity contribution in [3.63, 3.8) is 0 Å². The number of rotatable bonds is 2. The highest BCUT2D eigenvalue weighted by molar-refractivity contribution is 7.79. The van der Waals surface area contributed by atoms with E-state index in [4.69, 9.17) is 0 Å². The molecule has 0 amide bonds. The maximum Gasteiger partial charge on any atom is 0.269 e. The molecular formula is C14H23N3O2S. The van der Waals surface area contributed by atoms with Gasteiger partial charge in [0.25, 0.3) is 5.69 Å². The maximum absolute atomic E-state index is 10.7. The van der Waals surface area contributed by atoms with E-state index in [2.05, 4.69) is 22.8 Å². The van der Waals surface area contributed by atoms with Gasteiger partial charge in [0.15, 0.2) is 0 Å². The molecule has 1 aromatic carbocycles. The zero-order chi connectivity index (χ0) is 15.1. The summed E-state index contributed by atoms with van der Waals surface area (Å²) in [6.07, 6.45) is 1.69. The highest BCUT2D eigenvalue weighted by atomic mass is 32.1. The highest BCUT2D eigenvalue weighted by Gasteiger charge is 2.30. The summed E-state index contributed by atoms with van der Waals surface area (Å²) in [6.45, 7) is 7.86. The zero-order valence-corrected chi connectivity index (χ0v) is 13.2. The molecule has 0 aliphatic carbocycles. The van der Waals surface area contributed by atoms with Crippen LogP contribution >= 0.6 is 12.6 Å². The van der Waals surface area contributed by atoms with Crippen molar-refractivity contribution in [2.45, 2.75) is 33.0 Å². The van der Waals surface area contributed by atoms with E-state index in [0.29, 0.717) is 6.04 Å². The fraction of sp³-hybridized carbons (Fsp3) is 0.571. The van der Waals surface area contributed by atoms with Crippen LogP contribution in [-0.2, 0) is 13.1 Å². The van der Waals surface area contributed by atoms with Crippen molar-refractivity contribution >= 4 is 18.3 Å². The summed E-state index contributed by atoms with van der Waals surface area (Å²) in [4.78, 5) is 12.7. The lowest BCUT2D eigenvalue weighted by molar-refractivity contribution is -0.384. The molecule has 2 aliphatic heterocycles. The molecule has 0 unspecified atom stereocenters. The van der Waals surface area contributed by atoms with Gasteiger partial charge in [0.2, 0.25) is 0 Å². The number of hydrogen-bond donors (Lipinski definition) is 2. The van der Waals surface area contributed by atoms with Crippen LogP contribution in [0.25, 0.3) is 0 Å². The molecule has 2 heterocycles. The van der Waals surface area contributed by atoms with E-state index in [1.807, 2.05) is 19.9 Å². The predicted octanol–water partition coefficient (Wildman–Crippen LogP) is 2.45. The normalized spacial score (nSPS) is 17.0. The summed E-state index contributed by atoms with van der Waals surface area (Å²) in [5.41, 5.74) is 2.55. The fourth-order valence-corrected chi connectivity index (χ4v) is 2.31. The lowest BCUT2D eigenvalue weighted by Gasteiger charge is -2.35. The van der Waals surface area contributed by atoms with E-state index in [9.17, 15) is 10.1 Å². The van der Waals surface area contributed by atoms with Crippen LogP contribution in [0, 0.1) is 10.1 Å². The largest absolute Gasteiger partial charge is 0.314 e. The van der Waals surface area contributed by atoms with Crippen molar-refractivity contribution in [3.05, 3.63) is 39.4 Å². The van der Waals surface area contributed by atoms with Crippen molar-refractivity contribution in [2.24, 2.45) is 0 Å². The van der Waals surface area contributed by atoms with Gasteiger partial charge in [0.1, 0.15) is 0 Å². The number of nitro groups is 1. The standard InChI is InChI=1S/C11H13N3O2.C2H6.CH4S/c15-14(16)10-2-1-8-6-13(7-9(8)3-10)11-4-12-5-11;2*1-2/h1-3,11-12H,4-7H2;1-2H3;2H,1H3. The van der Waals surface area contributed by atoms with E-state index in [-0.39, 0.29) is 10.6 Å². The van der Waals surface area contributed by atoms with Crippen LogP contribution in [0.2, 0.25) is 0 Å². The molecule has 0 radical (unpaired) electrons. The molecule has 0 atom stereocenters. The van der Waals surface area contributed by atoms with Crippen molar-refractivity contribution in [1.82, 2.24) is 10.2 Å². The molecule has 5 nitrogen and oxygen atoms in total. The van der Waals surface area contributed by atoms with Crippen molar-refractivity contribution in [1.29, 1.82) is 0 Å². The van der Waals surface area contributed by atoms with Gasteiger partial charge in [0, 0.05) is 44.4 Å². The van der Waals surface area contributed by atoms with E-state index < -0.39 is 0 Å². The number of thiol groups is 1. The maximum atomic E-state index is 10.7. The van der Waals surface area contributed by atoms with Crippen LogP contribution in [0.4, 0.5) is 5.69 Å². The van der Waals surface area contributed by atoms with Crippen LogP contribution in [0.15, 0.2) is 18.2 Å². The van der Waals surface area contributed by atoms with Crippen LogP contribution in [0.1, 0.15) is 25.0 Å². The molecule has 1 aromatic rings. The lowest BCUT2D eigenvalue weighted by Crippen LogP contribution is -2.55. The highest BCUT2D eigenvalue weighted by Crippen LogP contribution is 2.28. The lowest BCUT2D eigenvalue weighted by atomic mass is 10.1. The second kappa shape index (κ2) is 8.24. The third-order valence-corrected chi connectivity index (χ3v) is 3.42. The first kappa shape index (κ1) is 16.9. The van der Waals surface area contributed by atoms with Gasteiger partial charge < -0.3 is 5.32 Å². The molecule has 0 bridgehead atoms. The Morgan fingerprint density at radius 1 is 1.25 bits per heavy atom. The smallest absolute Gasteiger partial charge is 0.269 e. The number of nitrogens with one attached hydrogen (secondary N) is 1.